The lowest BCUT2D eigenvalue weighted by Gasteiger charge is -2.13. The number of thioether (sulfide) groups is 1. The van der Waals surface area contributed by atoms with E-state index in [2.05, 4.69) is 24.4 Å². The van der Waals surface area contributed by atoms with E-state index < -0.39 is 0 Å². The lowest BCUT2D eigenvalue weighted by molar-refractivity contribution is -0.113. The molecule has 0 fully saturated rings. The van der Waals surface area contributed by atoms with Crippen LogP contribution in [0, 0.1) is 0 Å². The molecule has 0 bridgehead atoms. The largest absolute Gasteiger partial charge is 0.493 e. The van der Waals surface area contributed by atoms with Gasteiger partial charge in [-0.2, -0.15) is 0 Å². The number of hydrogen-bond acceptors (Lipinski definition) is 4. The minimum Gasteiger partial charge on any atom is -0.493 e. The van der Waals surface area contributed by atoms with Gasteiger partial charge in [0.25, 0.3) is 0 Å². The van der Waals surface area contributed by atoms with Crippen LogP contribution in [-0.4, -0.2) is 25.9 Å². The van der Waals surface area contributed by atoms with Gasteiger partial charge in [-0.1, -0.05) is 30.3 Å². The Hall–Kier alpha value is -2.14. The van der Waals surface area contributed by atoms with E-state index in [1.807, 2.05) is 18.2 Å². The summed E-state index contributed by atoms with van der Waals surface area (Å²) in [5, 5.41) is 3.15. The third kappa shape index (κ3) is 4.93. The van der Waals surface area contributed by atoms with Crippen LogP contribution in [0.4, 0.5) is 5.69 Å². The lowest BCUT2D eigenvalue weighted by Crippen LogP contribution is -2.14. The van der Waals surface area contributed by atoms with Crippen LogP contribution in [0.5, 0.6) is 11.5 Å². The molecule has 0 heterocycles. The Balaban J connectivity index is 1.90. The molecule has 0 unspecified atom stereocenters. The van der Waals surface area contributed by atoms with E-state index in [4.69, 9.17) is 9.47 Å². The van der Waals surface area contributed by atoms with Gasteiger partial charge in [0.15, 0.2) is 11.5 Å². The molecule has 0 spiro atoms. The zero-order valence-electron chi connectivity index (χ0n) is 13.5. The van der Waals surface area contributed by atoms with Gasteiger partial charge < -0.3 is 14.8 Å². The van der Waals surface area contributed by atoms with Gasteiger partial charge in [-0.25, -0.2) is 0 Å². The second-order valence-corrected chi connectivity index (χ2v) is 6.31. The molecule has 4 nitrogen and oxygen atoms in total. The van der Waals surface area contributed by atoms with Crippen molar-refractivity contribution in [2.45, 2.75) is 12.2 Å². The van der Waals surface area contributed by atoms with E-state index in [0.717, 1.165) is 0 Å². The summed E-state index contributed by atoms with van der Waals surface area (Å²) in [5.41, 5.74) is 1.91. The van der Waals surface area contributed by atoms with Crippen molar-refractivity contribution in [3.63, 3.8) is 0 Å². The zero-order valence-corrected chi connectivity index (χ0v) is 14.4. The van der Waals surface area contributed by atoms with E-state index in [-0.39, 0.29) is 11.2 Å². The molecule has 5 heteroatoms. The smallest absolute Gasteiger partial charge is 0.234 e. The van der Waals surface area contributed by atoms with Crippen molar-refractivity contribution in [3.05, 3.63) is 54.1 Å². The summed E-state index contributed by atoms with van der Waals surface area (Å²) in [4.78, 5) is 12.1. The van der Waals surface area contributed by atoms with Crippen molar-refractivity contribution < 1.29 is 14.3 Å². The van der Waals surface area contributed by atoms with Crippen LogP contribution in [0.25, 0.3) is 0 Å². The van der Waals surface area contributed by atoms with Crippen molar-refractivity contribution in [1.29, 1.82) is 0 Å². The highest BCUT2D eigenvalue weighted by Crippen LogP contribution is 2.30. The molecule has 1 atom stereocenters. The first-order valence-electron chi connectivity index (χ1n) is 7.32. The molecule has 2 rings (SSSR count). The molecule has 0 saturated carbocycles. The second-order valence-electron chi connectivity index (χ2n) is 4.98. The fourth-order valence-corrected chi connectivity index (χ4v) is 2.96. The van der Waals surface area contributed by atoms with Crippen LogP contribution < -0.4 is 14.8 Å². The molecule has 1 N–H and O–H groups in total. The van der Waals surface area contributed by atoms with Gasteiger partial charge in [-0.3, -0.25) is 4.79 Å². The van der Waals surface area contributed by atoms with Gasteiger partial charge in [0.05, 0.1) is 20.0 Å². The summed E-state index contributed by atoms with van der Waals surface area (Å²) in [6.07, 6.45) is 0. The Morgan fingerprint density at radius 1 is 1.09 bits per heavy atom. The first-order chi connectivity index (χ1) is 11.1. The average molecular weight is 331 g/mol. The van der Waals surface area contributed by atoms with Gasteiger partial charge in [0.2, 0.25) is 5.91 Å². The number of methoxy groups -OCH3 is 2. The number of amides is 1. The summed E-state index contributed by atoms with van der Waals surface area (Å²) in [7, 11) is 3.15. The third-order valence-electron chi connectivity index (χ3n) is 3.40. The quantitative estimate of drug-likeness (QED) is 0.828. The number of hydrogen-bond donors (Lipinski definition) is 1. The SMILES string of the molecule is COc1ccc(NC(=O)CS[C@H](C)c2ccccc2)cc1OC. The van der Waals surface area contributed by atoms with Gasteiger partial charge in [-0.15, -0.1) is 11.8 Å². The Kier molecular flexibility index (Phi) is 6.35. The molecule has 2 aromatic rings. The fraction of sp³-hybridized carbons (Fsp3) is 0.278. The standard InChI is InChI=1S/C18H21NO3S/c1-13(14-7-5-4-6-8-14)23-12-18(20)19-15-9-10-16(21-2)17(11-15)22-3/h4-11,13H,12H2,1-3H3,(H,19,20)/t13-/m1/s1. The average Bonchev–Trinajstić information content (AvgIpc) is 2.60. The van der Waals surface area contributed by atoms with Crippen LogP contribution in [0.3, 0.4) is 0 Å². The maximum Gasteiger partial charge on any atom is 0.234 e. The molecule has 0 saturated heterocycles. The van der Waals surface area contributed by atoms with Gasteiger partial charge in [-0.05, 0) is 24.6 Å². The van der Waals surface area contributed by atoms with Crippen LogP contribution in [-0.2, 0) is 4.79 Å². The molecule has 0 radical (unpaired) electrons. The highest BCUT2D eigenvalue weighted by Gasteiger charge is 2.11. The van der Waals surface area contributed by atoms with Gasteiger partial charge in [0, 0.05) is 17.0 Å². The first kappa shape index (κ1) is 17.2. The molecule has 0 aliphatic rings. The molecule has 0 aromatic heterocycles. The molecule has 0 aliphatic heterocycles. The topological polar surface area (TPSA) is 47.6 Å². The number of ether oxygens (including phenoxy) is 2. The third-order valence-corrected chi connectivity index (χ3v) is 4.60. The Morgan fingerprint density at radius 2 is 1.78 bits per heavy atom. The van der Waals surface area contributed by atoms with Crippen LogP contribution in [0.15, 0.2) is 48.5 Å². The zero-order chi connectivity index (χ0) is 16.7. The predicted octanol–water partition coefficient (Wildman–Crippen LogP) is 4.14. The maximum atomic E-state index is 12.1. The Labute approximate surface area is 141 Å². The van der Waals surface area contributed by atoms with E-state index in [1.165, 1.54) is 5.56 Å². The number of benzene rings is 2. The molecule has 1 amide bonds. The Bertz CT molecular complexity index is 646. The molecule has 122 valence electrons. The number of carbonyl (C=O) groups is 1. The normalized spacial score (nSPS) is 11.6. The number of carbonyl (C=O) groups excluding carboxylic acids is 1. The number of anilines is 1. The molecule has 0 aliphatic carbocycles. The van der Waals surface area contributed by atoms with Crippen molar-refractivity contribution in [1.82, 2.24) is 0 Å². The van der Waals surface area contributed by atoms with Crippen LogP contribution in [0.1, 0.15) is 17.7 Å². The number of rotatable bonds is 7. The minimum atomic E-state index is -0.0370. The number of nitrogens with one attached hydrogen (secondary N) is 1. The van der Waals surface area contributed by atoms with Gasteiger partial charge in [0.1, 0.15) is 0 Å². The highest BCUT2D eigenvalue weighted by molar-refractivity contribution is 8.00. The maximum absolute atomic E-state index is 12.1. The van der Waals surface area contributed by atoms with E-state index in [9.17, 15) is 4.79 Å². The minimum absolute atomic E-state index is 0.0370. The van der Waals surface area contributed by atoms with Crippen molar-refractivity contribution in [2.75, 3.05) is 25.3 Å². The summed E-state index contributed by atoms with van der Waals surface area (Å²) in [6.45, 7) is 2.10. The second kappa shape index (κ2) is 8.48. The molecular formula is C18H21NO3S. The predicted molar refractivity (Wildman–Crippen MR) is 95.5 cm³/mol. The molecular weight excluding hydrogens is 310 g/mol. The van der Waals surface area contributed by atoms with Crippen LogP contribution in [0.2, 0.25) is 0 Å². The monoisotopic (exact) mass is 331 g/mol. The van der Waals surface area contributed by atoms with Crippen molar-refractivity contribution in [2.24, 2.45) is 0 Å². The van der Waals surface area contributed by atoms with Gasteiger partial charge >= 0.3 is 0 Å². The fourth-order valence-electron chi connectivity index (χ4n) is 2.13. The van der Waals surface area contributed by atoms with Crippen LogP contribution >= 0.6 is 11.8 Å². The Morgan fingerprint density at radius 3 is 2.43 bits per heavy atom. The summed E-state index contributed by atoms with van der Waals surface area (Å²) < 4.78 is 10.4. The summed E-state index contributed by atoms with van der Waals surface area (Å²) in [6, 6.07) is 15.5. The highest BCUT2D eigenvalue weighted by atomic mass is 32.2. The van der Waals surface area contributed by atoms with E-state index in [0.29, 0.717) is 22.9 Å². The summed E-state index contributed by atoms with van der Waals surface area (Å²) >= 11 is 1.61. The van der Waals surface area contributed by atoms with E-state index >= 15 is 0 Å². The lowest BCUT2D eigenvalue weighted by atomic mass is 10.2. The molecule has 23 heavy (non-hydrogen) atoms. The summed E-state index contributed by atoms with van der Waals surface area (Å²) in [5.74, 6) is 1.59. The first-order valence-corrected chi connectivity index (χ1v) is 8.37. The van der Waals surface area contributed by atoms with Crippen molar-refractivity contribution >= 4 is 23.4 Å². The van der Waals surface area contributed by atoms with E-state index in [1.54, 1.807) is 44.2 Å². The molecule has 2 aromatic carbocycles. The van der Waals surface area contributed by atoms with Crippen molar-refractivity contribution in [3.8, 4) is 11.5 Å².